The summed E-state index contributed by atoms with van der Waals surface area (Å²) in [6.07, 6.45) is 1.23. The number of carbonyl (C=O) groups excluding carboxylic acids is 2. The van der Waals surface area contributed by atoms with Crippen molar-refractivity contribution < 1.29 is 28.5 Å². The van der Waals surface area contributed by atoms with E-state index in [2.05, 4.69) is 25.3 Å². The second-order valence-electron chi connectivity index (χ2n) is 4.29. The van der Waals surface area contributed by atoms with E-state index in [1.165, 1.54) is 0 Å². The van der Waals surface area contributed by atoms with Gasteiger partial charge in [-0.2, -0.15) is 25.3 Å². The van der Waals surface area contributed by atoms with Crippen molar-refractivity contribution in [2.75, 3.05) is 57.8 Å². The highest BCUT2D eigenvalue weighted by atomic mass is 32.1. The van der Waals surface area contributed by atoms with Crippen LogP contribution in [0.1, 0.15) is 19.3 Å². The molecule has 0 fully saturated rings. The first-order chi connectivity index (χ1) is 10.7. The van der Waals surface area contributed by atoms with Gasteiger partial charge in [-0.05, 0) is 5.75 Å². The third kappa shape index (κ3) is 16.1. The van der Waals surface area contributed by atoms with E-state index < -0.39 is 0 Å². The minimum Gasteiger partial charge on any atom is -0.463 e. The molecular weight excluding hydrogens is 328 g/mol. The number of Topliss-reactive ketones (excluding diaryl/α,β-unsaturated/α-hetero) is 1. The first-order valence-corrected chi connectivity index (χ1v) is 8.59. The molecule has 0 amide bonds. The van der Waals surface area contributed by atoms with Gasteiger partial charge in [0, 0.05) is 18.6 Å². The fourth-order valence-corrected chi connectivity index (χ4v) is 1.79. The van der Waals surface area contributed by atoms with Crippen LogP contribution in [-0.4, -0.2) is 69.5 Å². The molecule has 0 saturated carbocycles. The van der Waals surface area contributed by atoms with Crippen LogP contribution in [0.4, 0.5) is 0 Å². The van der Waals surface area contributed by atoms with Crippen LogP contribution in [0.2, 0.25) is 0 Å². The largest absolute Gasteiger partial charge is 0.463 e. The zero-order valence-electron chi connectivity index (χ0n) is 12.8. The molecule has 0 bridgehead atoms. The van der Waals surface area contributed by atoms with E-state index in [-0.39, 0.29) is 18.4 Å². The highest BCUT2D eigenvalue weighted by Gasteiger charge is 2.01. The van der Waals surface area contributed by atoms with Crippen LogP contribution in [0.25, 0.3) is 0 Å². The second-order valence-corrected chi connectivity index (χ2v) is 5.19. The van der Waals surface area contributed by atoms with Crippen molar-refractivity contribution in [2.45, 2.75) is 19.3 Å². The Morgan fingerprint density at radius 3 is 1.68 bits per heavy atom. The topological polar surface area (TPSA) is 71.1 Å². The molecule has 0 rings (SSSR count). The standard InChI is InChI=1S/C14H26O6S2/c15-13(2-11-21)1-4-17-5-6-18-7-8-19-9-10-20-14(16)3-12-22/h21-22H,1-12H2. The maximum atomic E-state index is 11.2. The first-order valence-electron chi connectivity index (χ1n) is 7.33. The molecule has 0 heterocycles. The molecule has 0 atom stereocenters. The smallest absolute Gasteiger partial charge is 0.306 e. The van der Waals surface area contributed by atoms with Crippen LogP contribution in [0.15, 0.2) is 0 Å². The number of rotatable bonds is 16. The van der Waals surface area contributed by atoms with Gasteiger partial charge in [-0.25, -0.2) is 0 Å². The number of hydrogen-bond acceptors (Lipinski definition) is 8. The molecule has 0 aromatic carbocycles. The Kier molecular flexibility index (Phi) is 16.9. The monoisotopic (exact) mass is 354 g/mol. The number of ether oxygens (including phenoxy) is 4. The highest BCUT2D eigenvalue weighted by molar-refractivity contribution is 7.80. The number of carbonyl (C=O) groups is 2. The molecule has 22 heavy (non-hydrogen) atoms. The molecule has 130 valence electrons. The first kappa shape index (κ1) is 21.7. The summed E-state index contributed by atoms with van der Waals surface area (Å²) in [4.78, 5) is 22.2. The third-order valence-electron chi connectivity index (χ3n) is 2.47. The Hall–Kier alpha value is -0.280. The Morgan fingerprint density at radius 2 is 1.14 bits per heavy atom. The Labute approximate surface area is 143 Å². The zero-order chi connectivity index (χ0) is 16.5. The van der Waals surface area contributed by atoms with E-state index >= 15 is 0 Å². The van der Waals surface area contributed by atoms with Crippen molar-refractivity contribution in [1.29, 1.82) is 0 Å². The molecule has 0 aliphatic rings. The lowest BCUT2D eigenvalue weighted by Crippen LogP contribution is -2.14. The van der Waals surface area contributed by atoms with Crippen LogP contribution < -0.4 is 0 Å². The lowest BCUT2D eigenvalue weighted by molar-refractivity contribution is -0.144. The molecule has 0 radical (unpaired) electrons. The predicted octanol–water partition coefficient (Wildman–Crippen LogP) is 1.18. The normalized spacial score (nSPS) is 10.6. The van der Waals surface area contributed by atoms with E-state index in [0.29, 0.717) is 70.4 Å². The summed E-state index contributed by atoms with van der Waals surface area (Å²) in [6.45, 7) is 2.82. The van der Waals surface area contributed by atoms with Gasteiger partial charge in [-0.15, -0.1) is 0 Å². The Bertz CT molecular complexity index is 261. The molecule has 0 aromatic heterocycles. The average molecular weight is 354 g/mol. The average Bonchev–Trinajstić information content (AvgIpc) is 2.49. The minimum absolute atomic E-state index is 0.166. The Balaban J connectivity index is 3.11. The number of thiol groups is 2. The van der Waals surface area contributed by atoms with Gasteiger partial charge in [0.1, 0.15) is 12.4 Å². The van der Waals surface area contributed by atoms with Gasteiger partial charge in [0.15, 0.2) is 0 Å². The Morgan fingerprint density at radius 1 is 0.636 bits per heavy atom. The molecule has 0 spiro atoms. The van der Waals surface area contributed by atoms with Gasteiger partial charge in [-0.3, -0.25) is 9.59 Å². The van der Waals surface area contributed by atoms with E-state index in [0.717, 1.165) is 0 Å². The van der Waals surface area contributed by atoms with Gasteiger partial charge in [-0.1, -0.05) is 0 Å². The molecular formula is C14H26O6S2. The SMILES string of the molecule is O=C(CCS)CCOCCOCCOCCOC(=O)CCS. The van der Waals surface area contributed by atoms with Crippen LogP contribution in [0, 0.1) is 0 Å². The van der Waals surface area contributed by atoms with E-state index in [1.807, 2.05) is 0 Å². The maximum absolute atomic E-state index is 11.2. The van der Waals surface area contributed by atoms with E-state index in [4.69, 9.17) is 18.9 Å². The number of esters is 1. The molecule has 0 aromatic rings. The van der Waals surface area contributed by atoms with E-state index in [9.17, 15) is 9.59 Å². The van der Waals surface area contributed by atoms with Gasteiger partial charge in [0.25, 0.3) is 0 Å². The molecule has 0 unspecified atom stereocenters. The fourth-order valence-electron chi connectivity index (χ4n) is 1.36. The molecule has 6 nitrogen and oxygen atoms in total. The fraction of sp³-hybridized carbons (Fsp3) is 0.857. The van der Waals surface area contributed by atoms with Gasteiger partial charge < -0.3 is 18.9 Å². The predicted molar refractivity (Wildman–Crippen MR) is 90.0 cm³/mol. The highest BCUT2D eigenvalue weighted by Crippen LogP contribution is 1.93. The lowest BCUT2D eigenvalue weighted by Gasteiger charge is -2.07. The third-order valence-corrected chi connectivity index (χ3v) is 2.91. The molecule has 0 aliphatic carbocycles. The van der Waals surface area contributed by atoms with Crippen molar-refractivity contribution >= 4 is 37.0 Å². The van der Waals surface area contributed by atoms with Crippen molar-refractivity contribution in [3.05, 3.63) is 0 Å². The van der Waals surface area contributed by atoms with Crippen molar-refractivity contribution in [1.82, 2.24) is 0 Å². The number of ketones is 1. The molecule has 0 saturated heterocycles. The molecule has 0 aliphatic heterocycles. The summed E-state index contributed by atoms with van der Waals surface area (Å²) in [7, 11) is 0. The summed E-state index contributed by atoms with van der Waals surface area (Å²) < 4.78 is 20.7. The summed E-state index contributed by atoms with van der Waals surface area (Å²) in [5, 5.41) is 0. The zero-order valence-corrected chi connectivity index (χ0v) is 14.6. The molecule has 0 N–H and O–H groups in total. The van der Waals surface area contributed by atoms with Gasteiger partial charge >= 0.3 is 5.97 Å². The summed E-state index contributed by atoms with van der Waals surface area (Å²) in [5.41, 5.74) is 0. The van der Waals surface area contributed by atoms with Crippen molar-refractivity contribution in [2.24, 2.45) is 0 Å². The van der Waals surface area contributed by atoms with Crippen LogP contribution in [-0.2, 0) is 28.5 Å². The summed E-state index contributed by atoms with van der Waals surface area (Å²) in [6, 6.07) is 0. The van der Waals surface area contributed by atoms with Crippen LogP contribution in [0.3, 0.4) is 0 Å². The van der Waals surface area contributed by atoms with Crippen molar-refractivity contribution in [3.63, 3.8) is 0 Å². The van der Waals surface area contributed by atoms with Crippen LogP contribution >= 0.6 is 25.3 Å². The lowest BCUT2D eigenvalue weighted by atomic mass is 10.2. The van der Waals surface area contributed by atoms with Crippen LogP contribution in [0.5, 0.6) is 0 Å². The molecule has 8 heteroatoms. The second kappa shape index (κ2) is 17.1. The minimum atomic E-state index is -0.264. The van der Waals surface area contributed by atoms with Gasteiger partial charge in [0.05, 0.1) is 46.1 Å². The number of hydrogen-bond donors (Lipinski definition) is 2. The van der Waals surface area contributed by atoms with E-state index in [1.54, 1.807) is 0 Å². The van der Waals surface area contributed by atoms with Crippen molar-refractivity contribution in [3.8, 4) is 0 Å². The van der Waals surface area contributed by atoms with Gasteiger partial charge in [0.2, 0.25) is 0 Å². The summed E-state index contributed by atoms with van der Waals surface area (Å²) in [5.74, 6) is 0.967. The maximum Gasteiger partial charge on any atom is 0.306 e. The quantitative estimate of drug-likeness (QED) is 0.246. The summed E-state index contributed by atoms with van der Waals surface area (Å²) >= 11 is 7.92.